The van der Waals surface area contributed by atoms with Gasteiger partial charge in [-0.15, -0.1) is 0 Å². The number of benzene rings is 3. The first-order valence-electron chi connectivity index (χ1n) is 10.2. The maximum absolute atomic E-state index is 6.31. The summed E-state index contributed by atoms with van der Waals surface area (Å²) < 4.78 is 14.5. The Kier molecular flexibility index (Phi) is 2.60. The Morgan fingerprint density at radius 2 is 1.55 bits per heavy atom. The molecule has 31 heavy (non-hydrogen) atoms. The van der Waals surface area contributed by atoms with Crippen molar-refractivity contribution < 1.29 is 8.83 Å². The third-order valence-corrected chi connectivity index (χ3v) is 6.34. The van der Waals surface area contributed by atoms with Gasteiger partial charge in [0.25, 0.3) is 0 Å². The van der Waals surface area contributed by atoms with Crippen LogP contribution in [0.5, 0.6) is 0 Å². The van der Waals surface area contributed by atoms with Crippen molar-refractivity contribution in [2.24, 2.45) is 0 Å². The van der Waals surface area contributed by atoms with E-state index >= 15 is 0 Å². The van der Waals surface area contributed by atoms with Gasteiger partial charge in [0, 0.05) is 63.2 Å². The van der Waals surface area contributed by atoms with E-state index in [4.69, 9.17) is 8.83 Å². The summed E-state index contributed by atoms with van der Waals surface area (Å²) in [5, 5.41) is 7.68. The SMILES string of the molecule is c1ccc2c(c1)oc1cc3oc4ccc5c(c6ccncc6c6nccn56)c4c3cc12. The lowest BCUT2D eigenvalue weighted by atomic mass is 10.0. The Balaban J connectivity index is 1.68. The van der Waals surface area contributed by atoms with Crippen molar-refractivity contribution >= 4 is 71.2 Å². The molecule has 3 aromatic carbocycles. The van der Waals surface area contributed by atoms with E-state index in [0.29, 0.717) is 0 Å². The number of rotatable bonds is 0. The van der Waals surface area contributed by atoms with Gasteiger partial charge in [-0.25, -0.2) is 4.98 Å². The lowest BCUT2D eigenvalue weighted by Gasteiger charge is -2.08. The molecule has 5 nitrogen and oxygen atoms in total. The van der Waals surface area contributed by atoms with Gasteiger partial charge in [0.05, 0.1) is 5.52 Å². The number of hydrogen-bond acceptors (Lipinski definition) is 4. The number of imidazole rings is 1. The molecule has 0 aliphatic carbocycles. The molecule has 5 aromatic heterocycles. The third-order valence-electron chi connectivity index (χ3n) is 6.34. The Morgan fingerprint density at radius 3 is 2.55 bits per heavy atom. The van der Waals surface area contributed by atoms with Crippen LogP contribution < -0.4 is 0 Å². The number of aromatic nitrogens is 3. The van der Waals surface area contributed by atoms with Crippen molar-refractivity contribution in [3.8, 4) is 0 Å². The molecule has 5 heteroatoms. The molecule has 0 radical (unpaired) electrons. The molecule has 0 bridgehead atoms. The maximum Gasteiger partial charge on any atom is 0.146 e. The highest BCUT2D eigenvalue weighted by molar-refractivity contribution is 6.28. The van der Waals surface area contributed by atoms with Gasteiger partial charge < -0.3 is 8.83 Å². The predicted molar refractivity (Wildman–Crippen MR) is 123 cm³/mol. The first kappa shape index (κ1) is 15.5. The van der Waals surface area contributed by atoms with Gasteiger partial charge in [0.1, 0.15) is 28.0 Å². The predicted octanol–water partition coefficient (Wildman–Crippen LogP) is 6.83. The molecule has 0 aliphatic heterocycles. The van der Waals surface area contributed by atoms with E-state index in [0.717, 1.165) is 71.2 Å². The second-order valence-corrected chi connectivity index (χ2v) is 7.92. The summed E-state index contributed by atoms with van der Waals surface area (Å²) in [6.45, 7) is 0. The lowest BCUT2D eigenvalue weighted by Crippen LogP contribution is -1.91. The fourth-order valence-electron chi connectivity index (χ4n) is 5.04. The highest BCUT2D eigenvalue weighted by atomic mass is 16.3. The summed E-state index contributed by atoms with van der Waals surface area (Å²) in [5.74, 6) is 0. The molecule has 0 aliphatic rings. The van der Waals surface area contributed by atoms with Crippen LogP contribution in [-0.2, 0) is 0 Å². The Labute approximate surface area is 174 Å². The molecule has 0 fully saturated rings. The molecule has 0 N–H and O–H groups in total. The Hall–Kier alpha value is -4.38. The van der Waals surface area contributed by atoms with E-state index in [-0.39, 0.29) is 0 Å². The highest BCUT2D eigenvalue weighted by Gasteiger charge is 2.18. The molecule has 0 atom stereocenters. The third kappa shape index (κ3) is 1.82. The van der Waals surface area contributed by atoms with Crippen LogP contribution >= 0.6 is 0 Å². The van der Waals surface area contributed by atoms with Gasteiger partial charge in [-0.3, -0.25) is 9.38 Å². The second kappa shape index (κ2) is 5.21. The summed E-state index contributed by atoms with van der Waals surface area (Å²) in [4.78, 5) is 8.94. The molecule has 0 saturated carbocycles. The minimum Gasteiger partial charge on any atom is -0.456 e. The van der Waals surface area contributed by atoms with E-state index in [1.54, 1.807) is 0 Å². The largest absolute Gasteiger partial charge is 0.456 e. The number of para-hydroxylation sites is 1. The first-order chi connectivity index (χ1) is 15.4. The van der Waals surface area contributed by atoms with Crippen molar-refractivity contribution in [1.29, 1.82) is 0 Å². The highest BCUT2D eigenvalue weighted by Crippen LogP contribution is 2.41. The molecule has 5 heterocycles. The second-order valence-electron chi connectivity index (χ2n) is 7.92. The van der Waals surface area contributed by atoms with Crippen molar-refractivity contribution in [3.63, 3.8) is 0 Å². The van der Waals surface area contributed by atoms with Crippen LogP contribution in [0.15, 0.2) is 88.2 Å². The molecular weight excluding hydrogens is 386 g/mol. The lowest BCUT2D eigenvalue weighted by molar-refractivity contribution is 0.656. The van der Waals surface area contributed by atoms with Gasteiger partial charge in [-0.1, -0.05) is 18.2 Å². The summed E-state index contributed by atoms with van der Waals surface area (Å²) >= 11 is 0. The maximum atomic E-state index is 6.31. The van der Waals surface area contributed by atoms with E-state index in [1.807, 2.05) is 55.1 Å². The van der Waals surface area contributed by atoms with Crippen molar-refractivity contribution in [2.45, 2.75) is 0 Å². The van der Waals surface area contributed by atoms with Crippen LogP contribution in [0.1, 0.15) is 0 Å². The number of hydrogen-bond donors (Lipinski definition) is 0. The molecular formula is C26H13N3O2. The van der Waals surface area contributed by atoms with Crippen LogP contribution in [0, 0.1) is 0 Å². The fraction of sp³-hybridized carbons (Fsp3) is 0. The van der Waals surface area contributed by atoms with Gasteiger partial charge in [-0.05, 0) is 35.7 Å². The minimum absolute atomic E-state index is 0.821. The molecule has 144 valence electrons. The number of furan rings is 2. The van der Waals surface area contributed by atoms with Crippen LogP contribution in [0.4, 0.5) is 0 Å². The number of pyridine rings is 2. The summed E-state index contributed by atoms with van der Waals surface area (Å²) in [6, 6.07) is 18.6. The average molecular weight is 399 g/mol. The Morgan fingerprint density at radius 1 is 0.645 bits per heavy atom. The fourth-order valence-corrected chi connectivity index (χ4v) is 5.04. The molecule has 8 aromatic rings. The molecule has 0 saturated heterocycles. The van der Waals surface area contributed by atoms with Crippen molar-refractivity contribution in [2.75, 3.05) is 0 Å². The summed E-state index contributed by atoms with van der Waals surface area (Å²) in [6.07, 6.45) is 7.56. The van der Waals surface area contributed by atoms with Gasteiger partial charge in [-0.2, -0.15) is 0 Å². The van der Waals surface area contributed by atoms with Crippen molar-refractivity contribution in [1.82, 2.24) is 14.4 Å². The number of nitrogens with zero attached hydrogens (tertiary/aromatic N) is 3. The zero-order valence-electron chi connectivity index (χ0n) is 16.2. The monoisotopic (exact) mass is 399 g/mol. The topological polar surface area (TPSA) is 56.5 Å². The van der Waals surface area contributed by atoms with Crippen LogP contribution in [0.25, 0.3) is 71.2 Å². The van der Waals surface area contributed by atoms with Crippen LogP contribution in [0.3, 0.4) is 0 Å². The average Bonchev–Trinajstić information content (AvgIpc) is 3.52. The summed E-state index contributed by atoms with van der Waals surface area (Å²) in [5.41, 5.74) is 5.41. The van der Waals surface area contributed by atoms with E-state index in [1.165, 1.54) is 0 Å². The van der Waals surface area contributed by atoms with E-state index in [2.05, 4.69) is 38.6 Å². The molecule has 8 rings (SSSR count). The smallest absolute Gasteiger partial charge is 0.146 e. The normalized spacial score (nSPS) is 12.5. The quantitative estimate of drug-likeness (QED) is 0.262. The van der Waals surface area contributed by atoms with Crippen LogP contribution in [-0.4, -0.2) is 14.4 Å². The van der Waals surface area contributed by atoms with Crippen LogP contribution in [0.2, 0.25) is 0 Å². The molecule has 0 spiro atoms. The van der Waals surface area contributed by atoms with E-state index < -0.39 is 0 Å². The number of fused-ring (bicyclic) bond motifs is 13. The zero-order chi connectivity index (χ0) is 20.1. The standard InChI is InChI=1S/C26H13N3O2/c1-2-4-20-14(3-1)16-11-17-23(12-22(16)30-20)31-21-6-5-19-24(25(17)21)15-7-8-27-13-18(15)26-28-9-10-29(19)26/h1-13H. The van der Waals surface area contributed by atoms with E-state index in [9.17, 15) is 0 Å². The van der Waals surface area contributed by atoms with Gasteiger partial charge in [0.2, 0.25) is 0 Å². The zero-order valence-corrected chi connectivity index (χ0v) is 16.2. The van der Waals surface area contributed by atoms with Gasteiger partial charge in [0.15, 0.2) is 0 Å². The molecule has 0 amide bonds. The van der Waals surface area contributed by atoms with Crippen molar-refractivity contribution in [3.05, 3.63) is 79.4 Å². The van der Waals surface area contributed by atoms with Gasteiger partial charge >= 0.3 is 0 Å². The minimum atomic E-state index is 0.821. The summed E-state index contributed by atoms with van der Waals surface area (Å²) in [7, 11) is 0. The first-order valence-corrected chi connectivity index (χ1v) is 10.2. The Bertz CT molecular complexity index is 2010. The molecule has 0 unspecified atom stereocenters.